The highest BCUT2D eigenvalue weighted by Crippen LogP contribution is 2.22. The summed E-state index contributed by atoms with van der Waals surface area (Å²) in [4.78, 5) is 36.2. The fourth-order valence-corrected chi connectivity index (χ4v) is 1.74. The van der Waals surface area contributed by atoms with Crippen molar-refractivity contribution in [3.05, 3.63) is 16.0 Å². The summed E-state index contributed by atoms with van der Waals surface area (Å²) in [5, 5.41) is 6.74. The molecule has 8 heteroatoms. The van der Waals surface area contributed by atoms with Crippen LogP contribution in [0.2, 0.25) is 0 Å². The Kier molecular flexibility index (Phi) is 4.49. The molecule has 1 amide bonds. The number of thiazole rings is 1. The molecule has 1 N–H and O–H groups in total. The second-order valence-electron chi connectivity index (χ2n) is 4.39. The number of carbonyl (C=O) groups is 2. The first kappa shape index (κ1) is 14.2. The summed E-state index contributed by atoms with van der Waals surface area (Å²) in [5.41, 5.74) is -0.407. The summed E-state index contributed by atoms with van der Waals surface area (Å²) in [7, 11) is 0. The van der Waals surface area contributed by atoms with Gasteiger partial charge >= 0.3 is 6.09 Å². The average molecular weight is 271 g/mol. The van der Waals surface area contributed by atoms with Gasteiger partial charge in [0.2, 0.25) is 0 Å². The van der Waals surface area contributed by atoms with E-state index in [0.29, 0.717) is 6.29 Å². The van der Waals surface area contributed by atoms with Gasteiger partial charge in [0.25, 0.3) is 0 Å². The third kappa shape index (κ3) is 4.21. The Morgan fingerprint density at radius 3 is 2.78 bits per heavy atom. The number of aldehydes is 1. The van der Waals surface area contributed by atoms with Crippen LogP contribution in [0.4, 0.5) is 9.93 Å². The molecule has 0 spiro atoms. The van der Waals surface area contributed by atoms with E-state index in [2.05, 4.69) is 15.5 Å². The highest BCUT2D eigenvalue weighted by Gasteiger charge is 2.19. The standard InChI is InChI=1S/C10H13N3O4S/c1-10(2,3)17-9(15)12-8-11-7(5-18-8)6(4-14)13-16/h4-6H,1-3H3,(H,11,12,15). The van der Waals surface area contributed by atoms with Crippen LogP contribution in [0, 0.1) is 4.91 Å². The molecule has 18 heavy (non-hydrogen) atoms. The van der Waals surface area contributed by atoms with E-state index < -0.39 is 17.7 Å². The van der Waals surface area contributed by atoms with Gasteiger partial charge < -0.3 is 9.53 Å². The summed E-state index contributed by atoms with van der Waals surface area (Å²) < 4.78 is 5.03. The van der Waals surface area contributed by atoms with Gasteiger partial charge in [-0.05, 0) is 20.8 Å². The van der Waals surface area contributed by atoms with E-state index in [4.69, 9.17) is 4.74 Å². The monoisotopic (exact) mass is 271 g/mol. The fourth-order valence-electron chi connectivity index (χ4n) is 1.02. The zero-order chi connectivity index (χ0) is 13.8. The first-order valence-corrected chi connectivity index (χ1v) is 5.97. The molecule has 1 atom stereocenters. The number of nitroso groups, excluding NO2 is 1. The molecule has 1 aromatic rings. The number of aromatic nitrogens is 1. The third-order valence-corrected chi connectivity index (χ3v) is 2.45. The molecule has 0 aliphatic carbocycles. The molecule has 0 radical (unpaired) electrons. The zero-order valence-electron chi connectivity index (χ0n) is 10.2. The lowest BCUT2D eigenvalue weighted by atomic mass is 10.2. The van der Waals surface area contributed by atoms with Crippen LogP contribution in [-0.4, -0.2) is 23.0 Å². The van der Waals surface area contributed by atoms with Gasteiger partial charge in [0.15, 0.2) is 17.5 Å². The fraction of sp³-hybridized carbons (Fsp3) is 0.500. The predicted octanol–water partition coefficient (Wildman–Crippen LogP) is 2.50. The molecule has 7 nitrogen and oxygen atoms in total. The molecule has 1 heterocycles. The highest BCUT2D eigenvalue weighted by atomic mass is 32.1. The highest BCUT2D eigenvalue weighted by molar-refractivity contribution is 7.13. The van der Waals surface area contributed by atoms with Crippen LogP contribution in [0.25, 0.3) is 0 Å². The number of nitrogens with one attached hydrogen (secondary N) is 1. The number of amides is 1. The number of hydrogen-bond acceptors (Lipinski definition) is 7. The van der Waals surface area contributed by atoms with Gasteiger partial charge in [-0.1, -0.05) is 5.18 Å². The number of anilines is 1. The molecule has 0 aromatic carbocycles. The zero-order valence-corrected chi connectivity index (χ0v) is 11.0. The molecule has 0 aliphatic heterocycles. The molecule has 0 fully saturated rings. The first-order chi connectivity index (χ1) is 8.35. The quantitative estimate of drug-likeness (QED) is 0.670. The number of rotatable bonds is 4. The summed E-state index contributed by atoms with van der Waals surface area (Å²) >= 11 is 1.08. The van der Waals surface area contributed by atoms with Crippen molar-refractivity contribution in [3.8, 4) is 0 Å². The summed E-state index contributed by atoms with van der Waals surface area (Å²) in [6.07, 6.45) is -0.260. The largest absolute Gasteiger partial charge is 0.444 e. The Morgan fingerprint density at radius 2 is 2.28 bits per heavy atom. The molecular weight excluding hydrogens is 258 g/mol. The van der Waals surface area contributed by atoms with Gasteiger partial charge in [-0.25, -0.2) is 9.78 Å². The topological polar surface area (TPSA) is 97.7 Å². The van der Waals surface area contributed by atoms with Gasteiger partial charge in [-0.15, -0.1) is 16.2 Å². The molecule has 1 unspecified atom stereocenters. The molecule has 98 valence electrons. The van der Waals surface area contributed by atoms with Crippen molar-refractivity contribution in [2.45, 2.75) is 32.4 Å². The second kappa shape index (κ2) is 5.67. The SMILES string of the molecule is CC(C)(C)OC(=O)Nc1nc(C(C=O)N=O)cs1. The lowest BCUT2D eigenvalue weighted by Crippen LogP contribution is -2.27. The van der Waals surface area contributed by atoms with Gasteiger partial charge in [0.05, 0.1) is 5.69 Å². The van der Waals surface area contributed by atoms with Crippen molar-refractivity contribution < 1.29 is 14.3 Å². The van der Waals surface area contributed by atoms with Crippen LogP contribution in [0.1, 0.15) is 32.5 Å². The van der Waals surface area contributed by atoms with E-state index >= 15 is 0 Å². The van der Waals surface area contributed by atoms with Crippen molar-refractivity contribution in [3.63, 3.8) is 0 Å². The molecule has 1 aromatic heterocycles. The Balaban J connectivity index is 2.67. The van der Waals surface area contributed by atoms with Crippen molar-refractivity contribution in [1.82, 2.24) is 4.98 Å². The Labute approximate surface area is 108 Å². The molecule has 0 saturated carbocycles. The summed E-state index contributed by atoms with van der Waals surface area (Å²) in [6.45, 7) is 5.20. The van der Waals surface area contributed by atoms with Crippen LogP contribution in [-0.2, 0) is 9.53 Å². The third-order valence-electron chi connectivity index (χ3n) is 1.68. The molecule has 0 saturated heterocycles. The summed E-state index contributed by atoms with van der Waals surface area (Å²) in [6, 6.07) is -1.14. The minimum Gasteiger partial charge on any atom is -0.444 e. The predicted molar refractivity (Wildman–Crippen MR) is 66.6 cm³/mol. The molecule has 0 aliphatic rings. The van der Waals surface area contributed by atoms with E-state index in [1.807, 2.05) is 0 Å². The Morgan fingerprint density at radius 1 is 1.61 bits per heavy atom. The van der Waals surface area contributed by atoms with Crippen molar-refractivity contribution in [2.75, 3.05) is 5.32 Å². The van der Waals surface area contributed by atoms with Crippen molar-refractivity contribution in [2.24, 2.45) is 5.18 Å². The van der Waals surface area contributed by atoms with Gasteiger partial charge in [-0.2, -0.15) is 0 Å². The van der Waals surface area contributed by atoms with Crippen LogP contribution < -0.4 is 5.32 Å². The molecular formula is C10H13N3O4S. The normalized spacial score (nSPS) is 12.6. The van der Waals surface area contributed by atoms with E-state index in [9.17, 15) is 14.5 Å². The van der Waals surface area contributed by atoms with E-state index in [1.54, 1.807) is 20.8 Å². The number of ether oxygens (including phenoxy) is 1. The van der Waals surface area contributed by atoms with Crippen molar-refractivity contribution in [1.29, 1.82) is 0 Å². The smallest absolute Gasteiger partial charge is 0.413 e. The van der Waals surface area contributed by atoms with E-state index in [-0.39, 0.29) is 10.8 Å². The van der Waals surface area contributed by atoms with Gasteiger partial charge in [0, 0.05) is 5.38 Å². The lowest BCUT2D eigenvalue weighted by Gasteiger charge is -2.18. The lowest BCUT2D eigenvalue weighted by molar-refractivity contribution is -0.109. The maximum Gasteiger partial charge on any atom is 0.413 e. The van der Waals surface area contributed by atoms with Crippen LogP contribution >= 0.6 is 11.3 Å². The second-order valence-corrected chi connectivity index (χ2v) is 5.25. The number of carbonyl (C=O) groups excluding carboxylic acids is 2. The van der Waals surface area contributed by atoms with Crippen LogP contribution in [0.3, 0.4) is 0 Å². The summed E-state index contributed by atoms with van der Waals surface area (Å²) in [5.74, 6) is 0. The van der Waals surface area contributed by atoms with Crippen molar-refractivity contribution >= 4 is 28.8 Å². The van der Waals surface area contributed by atoms with Crippen LogP contribution in [0.5, 0.6) is 0 Å². The minimum absolute atomic E-state index is 0.205. The van der Waals surface area contributed by atoms with Gasteiger partial charge in [-0.3, -0.25) is 5.32 Å². The maximum atomic E-state index is 11.4. The Bertz CT molecular complexity index is 444. The number of nitrogens with zero attached hydrogens (tertiary/aromatic N) is 2. The Hall–Kier alpha value is -1.83. The van der Waals surface area contributed by atoms with Gasteiger partial charge in [0.1, 0.15) is 5.60 Å². The maximum absolute atomic E-state index is 11.4. The van der Waals surface area contributed by atoms with E-state index in [1.165, 1.54) is 5.38 Å². The minimum atomic E-state index is -1.14. The van der Waals surface area contributed by atoms with E-state index in [0.717, 1.165) is 11.3 Å². The molecule has 1 rings (SSSR count). The average Bonchev–Trinajstić information content (AvgIpc) is 2.65. The van der Waals surface area contributed by atoms with Crippen LogP contribution in [0.15, 0.2) is 10.6 Å². The molecule has 0 bridgehead atoms. The first-order valence-electron chi connectivity index (χ1n) is 5.09. The number of hydrogen-bond donors (Lipinski definition) is 1.